The normalized spacial score (nSPS) is 33.0. The Morgan fingerprint density at radius 1 is 1.00 bits per heavy atom. The first-order valence-electron chi connectivity index (χ1n) is 14.4. The number of para-hydroxylation sites is 1. The molecule has 10 nitrogen and oxygen atoms in total. The Morgan fingerprint density at radius 2 is 1.77 bits per heavy atom. The van der Waals surface area contributed by atoms with Crippen LogP contribution in [0.3, 0.4) is 0 Å². The third-order valence-electron chi connectivity index (χ3n) is 9.11. The van der Waals surface area contributed by atoms with E-state index in [2.05, 4.69) is 4.90 Å². The highest BCUT2D eigenvalue weighted by Gasteiger charge is 2.72. The van der Waals surface area contributed by atoms with Crippen molar-refractivity contribution in [3.8, 4) is 0 Å². The van der Waals surface area contributed by atoms with E-state index >= 15 is 0 Å². The van der Waals surface area contributed by atoms with E-state index in [1.54, 1.807) is 9.80 Å². The van der Waals surface area contributed by atoms with E-state index in [4.69, 9.17) is 9.47 Å². The predicted octanol–water partition coefficient (Wildman–Crippen LogP) is 0.672. The van der Waals surface area contributed by atoms with Crippen LogP contribution in [-0.4, -0.2) is 120 Å². The van der Waals surface area contributed by atoms with Crippen LogP contribution in [0.1, 0.15) is 13.3 Å². The van der Waals surface area contributed by atoms with Gasteiger partial charge in [-0.1, -0.05) is 49.4 Å². The fourth-order valence-electron chi connectivity index (χ4n) is 7.06. The molecule has 1 N–H and O–H groups in total. The Hall–Kier alpha value is -3.05. The number of rotatable bonds is 7. The number of aliphatic hydroxyl groups is 1. The quantitative estimate of drug-likeness (QED) is 0.498. The van der Waals surface area contributed by atoms with Crippen molar-refractivity contribution in [1.82, 2.24) is 14.7 Å². The monoisotopic (exact) mass is 550 g/mol. The second-order valence-electron chi connectivity index (χ2n) is 11.2. The molecule has 40 heavy (non-hydrogen) atoms. The highest BCUT2D eigenvalue weighted by Crippen LogP contribution is 2.54. The maximum absolute atomic E-state index is 14.3. The number of hydrogen-bond donors (Lipinski definition) is 1. The summed E-state index contributed by atoms with van der Waals surface area (Å²) < 4.78 is 12.2. The fourth-order valence-corrected chi connectivity index (χ4v) is 7.06. The lowest BCUT2D eigenvalue weighted by Gasteiger charge is -2.38. The molecule has 3 saturated heterocycles. The summed E-state index contributed by atoms with van der Waals surface area (Å²) in [6.45, 7) is 6.59. The first-order valence-corrected chi connectivity index (χ1v) is 14.4. The van der Waals surface area contributed by atoms with Gasteiger partial charge < -0.3 is 29.3 Å². The Labute approximate surface area is 234 Å². The van der Waals surface area contributed by atoms with Crippen LogP contribution >= 0.6 is 0 Å². The number of fused-ring (bicyclic) bond motifs is 2. The largest absolute Gasteiger partial charge is 0.394 e. The SMILES string of the molecule is CC[C@@H](CO)N1C(=O)[C@@H]2[C@@H]3C(=O)N(c4ccccc4)CC=C[C@@H]3O[C@@]23C=CCN(CCN2CCOCC2)C(=O)C13. The highest BCUT2D eigenvalue weighted by atomic mass is 16.5. The number of anilines is 1. The standard InChI is InChI=1S/C30H38N4O6/c1-2-21(20-35)34-26-29(38)32(15-14-31-16-18-39-19-17-31)12-7-11-30(26)25(28(34)37)24-23(40-30)10-6-13-33(27(24)36)22-8-4-3-5-9-22/h3-11,21,23-26,35H,2,12-20H2,1H3/t21-,23-,24+,25-,26?,30-/m0/s1. The maximum Gasteiger partial charge on any atom is 0.249 e. The summed E-state index contributed by atoms with van der Waals surface area (Å²) in [6, 6.07) is 7.90. The zero-order chi connectivity index (χ0) is 27.9. The fraction of sp³-hybridized carbons (Fsp3) is 0.567. The lowest BCUT2D eigenvalue weighted by molar-refractivity contribution is -0.150. The molecule has 6 rings (SSSR count). The Balaban J connectivity index is 1.36. The Morgan fingerprint density at radius 3 is 2.50 bits per heavy atom. The minimum absolute atomic E-state index is 0.191. The summed E-state index contributed by atoms with van der Waals surface area (Å²) in [4.78, 5) is 50.1. The molecular formula is C30H38N4O6. The lowest BCUT2D eigenvalue weighted by atomic mass is 9.77. The van der Waals surface area contributed by atoms with Crippen molar-refractivity contribution in [3.05, 3.63) is 54.6 Å². The second-order valence-corrected chi connectivity index (χ2v) is 11.2. The van der Waals surface area contributed by atoms with E-state index in [0.29, 0.717) is 45.8 Å². The van der Waals surface area contributed by atoms with Gasteiger partial charge in [-0.15, -0.1) is 0 Å². The van der Waals surface area contributed by atoms with Crippen molar-refractivity contribution in [2.24, 2.45) is 11.8 Å². The molecule has 5 aliphatic rings. The molecule has 10 heteroatoms. The van der Waals surface area contributed by atoms with Crippen molar-refractivity contribution in [2.75, 3.05) is 64.0 Å². The predicted molar refractivity (Wildman–Crippen MR) is 147 cm³/mol. The van der Waals surface area contributed by atoms with Crippen LogP contribution in [-0.2, 0) is 23.9 Å². The number of carbonyl (C=O) groups excluding carboxylic acids is 3. The van der Waals surface area contributed by atoms with E-state index in [1.165, 1.54) is 4.90 Å². The number of morpholine rings is 1. The van der Waals surface area contributed by atoms with Gasteiger partial charge in [0.25, 0.3) is 0 Å². The molecule has 5 aliphatic heterocycles. The Kier molecular flexibility index (Phi) is 7.52. The van der Waals surface area contributed by atoms with Crippen LogP contribution < -0.4 is 4.90 Å². The molecular weight excluding hydrogens is 512 g/mol. The summed E-state index contributed by atoms with van der Waals surface area (Å²) >= 11 is 0. The van der Waals surface area contributed by atoms with Gasteiger partial charge in [-0.25, -0.2) is 0 Å². The minimum atomic E-state index is -1.29. The van der Waals surface area contributed by atoms with Crippen LogP contribution in [0.25, 0.3) is 0 Å². The first-order chi connectivity index (χ1) is 19.5. The highest BCUT2D eigenvalue weighted by molar-refractivity contribution is 6.03. The summed E-state index contributed by atoms with van der Waals surface area (Å²) in [5, 5.41) is 10.3. The number of carbonyl (C=O) groups is 3. The number of amides is 3. The number of likely N-dealkylation sites (tertiary alicyclic amines) is 1. The number of benzene rings is 1. The maximum atomic E-state index is 14.3. The van der Waals surface area contributed by atoms with Crippen molar-refractivity contribution < 1.29 is 29.0 Å². The summed E-state index contributed by atoms with van der Waals surface area (Å²) in [7, 11) is 0. The Bertz CT molecular complexity index is 1180. The van der Waals surface area contributed by atoms with Gasteiger partial charge in [0.15, 0.2) is 0 Å². The lowest BCUT2D eigenvalue weighted by Crippen LogP contribution is -2.58. The molecule has 6 atom stereocenters. The van der Waals surface area contributed by atoms with Gasteiger partial charge in [0.05, 0.1) is 43.8 Å². The smallest absolute Gasteiger partial charge is 0.249 e. The third kappa shape index (κ3) is 4.38. The van der Waals surface area contributed by atoms with E-state index in [-0.39, 0.29) is 24.3 Å². The number of aliphatic hydroxyl groups excluding tert-OH is 1. The van der Waals surface area contributed by atoms with Crippen LogP contribution in [0.5, 0.6) is 0 Å². The van der Waals surface area contributed by atoms with Crippen molar-refractivity contribution in [3.63, 3.8) is 0 Å². The molecule has 5 heterocycles. The molecule has 0 bridgehead atoms. The first kappa shape index (κ1) is 27.1. The molecule has 3 amide bonds. The molecule has 0 radical (unpaired) electrons. The molecule has 1 aromatic rings. The summed E-state index contributed by atoms with van der Waals surface area (Å²) in [6.07, 6.45) is 7.39. The molecule has 1 spiro atoms. The minimum Gasteiger partial charge on any atom is -0.394 e. The van der Waals surface area contributed by atoms with E-state index in [9.17, 15) is 19.5 Å². The van der Waals surface area contributed by atoms with Crippen molar-refractivity contribution in [2.45, 2.75) is 37.1 Å². The van der Waals surface area contributed by atoms with Gasteiger partial charge in [0.1, 0.15) is 11.6 Å². The second kappa shape index (κ2) is 11.1. The average Bonchev–Trinajstić information content (AvgIpc) is 3.30. The number of hydrogen-bond acceptors (Lipinski definition) is 7. The van der Waals surface area contributed by atoms with Crippen LogP contribution in [0.4, 0.5) is 5.69 Å². The molecule has 214 valence electrons. The van der Waals surface area contributed by atoms with Gasteiger partial charge in [-0.2, -0.15) is 0 Å². The van der Waals surface area contributed by atoms with Crippen LogP contribution in [0.2, 0.25) is 0 Å². The molecule has 0 saturated carbocycles. The van der Waals surface area contributed by atoms with Crippen molar-refractivity contribution in [1.29, 1.82) is 0 Å². The van der Waals surface area contributed by atoms with Gasteiger partial charge in [-0.3, -0.25) is 19.3 Å². The van der Waals surface area contributed by atoms with Gasteiger partial charge >= 0.3 is 0 Å². The van der Waals surface area contributed by atoms with Gasteiger partial charge in [-0.05, 0) is 18.6 Å². The van der Waals surface area contributed by atoms with Crippen LogP contribution in [0, 0.1) is 11.8 Å². The topological polar surface area (TPSA) is 103 Å². The van der Waals surface area contributed by atoms with Crippen LogP contribution in [0.15, 0.2) is 54.6 Å². The molecule has 3 fully saturated rings. The van der Waals surface area contributed by atoms with Crippen molar-refractivity contribution >= 4 is 23.4 Å². The van der Waals surface area contributed by atoms with Gasteiger partial charge in [0, 0.05) is 45.0 Å². The molecule has 0 aromatic heterocycles. The molecule has 1 unspecified atom stereocenters. The zero-order valence-corrected chi connectivity index (χ0v) is 22.9. The van der Waals surface area contributed by atoms with Gasteiger partial charge in [0.2, 0.25) is 17.7 Å². The number of nitrogens with zero attached hydrogens (tertiary/aromatic N) is 4. The van der Waals surface area contributed by atoms with E-state index < -0.39 is 35.6 Å². The van der Waals surface area contributed by atoms with E-state index in [0.717, 1.165) is 18.8 Å². The van der Waals surface area contributed by atoms with E-state index in [1.807, 2.05) is 61.6 Å². The average molecular weight is 551 g/mol. The number of ether oxygens (including phenoxy) is 2. The summed E-state index contributed by atoms with van der Waals surface area (Å²) in [5.74, 6) is -2.35. The third-order valence-corrected chi connectivity index (χ3v) is 9.11. The molecule has 0 aliphatic carbocycles. The molecule has 1 aromatic carbocycles. The zero-order valence-electron chi connectivity index (χ0n) is 22.9. The summed E-state index contributed by atoms with van der Waals surface area (Å²) in [5.41, 5.74) is -0.541.